The molecule has 4 heteroatoms. The second kappa shape index (κ2) is 5.40. The topological polar surface area (TPSA) is 57.8 Å². The fourth-order valence-corrected chi connectivity index (χ4v) is 2.05. The molecule has 1 amide bonds. The zero-order valence-corrected chi connectivity index (χ0v) is 11.0. The number of rotatable bonds is 3. The van der Waals surface area contributed by atoms with Crippen LogP contribution < -0.4 is 5.32 Å². The summed E-state index contributed by atoms with van der Waals surface area (Å²) < 4.78 is 1.98. The molecule has 0 aliphatic heterocycles. The standard InChI is InChI=1S/C15H15N3O/c1-3-17-15(19)11(9-16)8-12-10-18(2)14-7-5-4-6-13(12)14/h4-8,10H,3H2,1-2H3,(H,17,19)/b11-8+. The molecule has 1 N–H and O–H groups in total. The average Bonchev–Trinajstić information content (AvgIpc) is 2.73. The number of para-hydroxylation sites is 1. The molecule has 2 rings (SSSR count). The van der Waals surface area contributed by atoms with Gasteiger partial charge in [-0.1, -0.05) is 18.2 Å². The number of aryl methyl sites for hydroxylation is 1. The molecular weight excluding hydrogens is 238 g/mol. The van der Waals surface area contributed by atoms with Gasteiger partial charge in [-0.15, -0.1) is 0 Å². The van der Waals surface area contributed by atoms with Gasteiger partial charge in [0.2, 0.25) is 0 Å². The van der Waals surface area contributed by atoms with Crippen LogP contribution in [0.5, 0.6) is 0 Å². The second-order valence-electron chi connectivity index (χ2n) is 4.24. The number of hydrogen-bond donors (Lipinski definition) is 1. The van der Waals surface area contributed by atoms with E-state index in [0.717, 1.165) is 16.5 Å². The maximum absolute atomic E-state index is 11.7. The molecule has 0 fully saturated rings. The Morgan fingerprint density at radius 2 is 2.21 bits per heavy atom. The zero-order valence-electron chi connectivity index (χ0n) is 11.0. The van der Waals surface area contributed by atoms with Gasteiger partial charge in [-0.3, -0.25) is 4.79 Å². The van der Waals surface area contributed by atoms with Crippen molar-refractivity contribution in [2.24, 2.45) is 7.05 Å². The van der Waals surface area contributed by atoms with Crippen molar-refractivity contribution in [2.75, 3.05) is 6.54 Å². The number of nitrogens with zero attached hydrogens (tertiary/aromatic N) is 2. The number of hydrogen-bond acceptors (Lipinski definition) is 2. The number of carbonyl (C=O) groups is 1. The lowest BCUT2D eigenvalue weighted by molar-refractivity contribution is -0.116. The predicted octanol–water partition coefficient (Wildman–Crippen LogP) is 2.22. The summed E-state index contributed by atoms with van der Waals surface area (Å²) in [7, 11) is 1.94. The molecule has 2 aromatic rings. The van der Waals surface area contributed by atoms with Crippen LogP contribution in [0.15, 0.2) is 36.0 Å². The van der Waals surface area contributed by atoms with E-state index in [2.05, 4.69) is 5.32 Å². The van der Waals surface area contributed by atoms with Gasteiger partial charge in [0.15, 0.2) is 0 Å². The number of likely N-dealkylation sites (N-methyl/N-ethyl adjacent to an activating group) is 1. The van der Waals surface area contributed by atoms with Crippen molar-refractivity contribution in [3.63, 3.8) is 0 Å². The van der Waals surface area contributed by atoms with E-state index in [0.29, 0.717) is 6.54 Å². The minimum Gasteiger partial charge on any atom is -0.352 e. The van der Waals surface area contributed by atoms with Crippen LogP contribution in [0.25, 0.3) is 17.0 Å². The summed E-state index contributed by atoms with van der Waals surface area (Å²) in [5.74, 6) is -0.335. The van der Waals surface area contributed by atoms with Crippen LogP contribution >= 0.6 is 0 Å². The van der Waals surface area contributed by atoms with Crippen molar-refractivity contribution in [3.05, 3.63) is 41.6 Å². The summed E-state index contributed by atoms with van der Waals surface area (Å²) >= 11 is 0. The highest BCUT2D eigenvalue weighted by molar-refractivity contribution is 6.04. The number of carbonyl (C=O) groups excluding carboxylic acids is 1. The number of nitrogens with one attached hydrogen (secondary N) is 1. The Bertz CT molecular complexity index is 689. The van der Waals surface area contributed by atoms with Gasteiger partial charge in [-0.25, -0.2) is 0 Å². The summed E-state index contributed by atoms with van der Waals surface area (Å²) in [4.78, 5) is 11.7. The summed E-state index contributed by atoms with van der Waals surface area (Å²) in [6.45, 7) is 2.33. The first-order valence-corrected chi connectivity index (χ1v) is 6.11. The van der Waals surface area contributed by atoms with E-state index >= 15 is 0 Å². The first kappa shape index (κ1) is 12.9. The predicted molar refractivity (Wildman–Crippen MR) is 75.2 cm³/mol. The first-order chi connectivity index (χ1) is 9.17. The van der Waals surface area contributed by atoms with Crippen molar-refractivity contribution in [3.8, 4) is 6.07 Å². The Labute approximate surface area is 112 Å². The summed E-state index contributed by atoms with van der Waals surface area (Å²) in [5.41, 5.74) is 2.07. The molecule has 0 bridgehead atoms. The number of nitriles is 1. The van der Waals surface area contributed by atoms with Crippen LogP contribution in [0.3, 0.4) is 0 Å². The van der Waals surface area contributed by atoms with Gasteiger partial charge in [-0.05, 0) is 19.1 Å². The second-order valence-corrected chi connectivity index (χ2v) is 4.24. The molecule has 0 unspecified atom stereocenters. The van der Waals surface area contributed by atoms with Crippen LogP contribution in [0.4, 0.5) is 0 Å². The number of benzene rings is 1. The molecule has 0 radical (unpaired) electrons. The van der Waals surface area contributed by atoms with Crippen molar-refractivity contribution in [1.29, 1.82) is 5.26 Å². The van der Waals surface area contributed by atoms with E-state index in [1.165, 1.54) is 0 Å². The van der Waals surface area contributed by atoms with E-state index in [9.17, 15) is 4.79 Å². The van der Waals surface area contributed by atoms with E-state index in [1.54, 1.807) is 6.08 Å². The maximum atomic E-state index is 11.7. The Hall–Kier alpha value is -2.54. The molecule has 0 spiro atoms. The zero-order chi connectivity index (χ0) is 13.8. The SMILES string of the molecule is CCNC(=O)/C(C#N)=C/c1cn(C)c2ccccc12. The van der Waals surface area contributed by atoms with Crippen LogP contribution in [-0.2, 0) is 11.8 Å². The Kier molecular flexibility index (Phi) is 3.67. The van der Waals surface area contributed by atoms with Crippen molar-refractivity contribution in [1.82, 2.24) is 9.88 Å². The first-order valence-electron chi connectivity index (χ1n) is 6.11. The molecular formula is C15H15N3O. The molecule has 0 saturated heterocycles. The van der Waals surface area contributed by atoms with Crippen molar-refractivity contribution in [2.45, 2.75) is 6.92 Å². The van der Waals surface area contributed by atoms with Crippen LogP contribution in [0, 0.1) is 11.3 Å². The van der Waals surface area contributed by atoms with E-state index in [-0.39, 0.29) is 11.5 Å². The summed E-state index contributed by atoms with van der Waals surface area (Å²) in [6.07, 6.45) is 3.55. The van der Waals surface area contributed by atoms with Gasteiger partial charge < -0.3 is 9.88 Å². The molecule has 96 valence electrons. The third-order valence-corrected chi connectivity index (χ3v) is 2.93. The Morgan fingerprint density at radius 1 is 1.47 bits per heavy atom. The van der Waals surface area contributed by atoms with E-state index in [1.807, 2.05) is 55.1 Å². The minimum absolute atomic E-state index is 0.123. The fraction of sp³-hybridized carbons (Fsp3) is 0.200. The van der Waals surface area contributed by atoms with Gasteiger partial charge in [0.25, 0.3) is 5.91 Å². The van der Waals surface area contributed by atoms with Crippen LogP contribution in [-0.4, -0.2) is 17.0 Å². The highest BCUT2D eigenvalue weighted by Crippen LogP contribution is 2.22. The summed E-state index contributed by atoms with van der Waals surface area (Å²) in [6, 6.07) is 9.84. The number of amides is 1. The molecule has 0 aliphatic rings. The third kappa shape index (κ3) is 2.50. The molecule has 1 aromatic heterocycles. The maximum Gasteiger partial charge on any atom is 0.261 e. The lowest BCUT2D eigenvalue weighted by atomic mass is 10.1. The third-order valence-electron chi connectivity index (χ3n) is 2.93. The molecule has 0 saturated carbocycles. The monoisotopic (exact) mass is 253 g/mol. The van der Waals surface area contributed by atoms with E-state index < -0.39 is 0 Å². The van der Waals surface area contributed by atoms with Gasteiger partial charge in [0.05, 0.1) is 0 Å². The Morgan fingerprint density at radius 3 is 2.89 bits per heavy atom. The molecule has 1 aromatic carbocycles. The lowest BCUT2D eigenvalue weighted by Crippen LogP contribution is -2.23. The average molecular weight is 253 g/mol. The van der Waals surface area contributed by atoms with Gasteiger partial charge >= 0.3 is 0 Å². The quantitative estimate of drug-likeness (QED) is 0.673. The largest absolute Gasteiger partial charge is 0.352 e. The molecule has 0 aliphatic carbocycles. The fourth-order valence-electron chi connectivity index (χ4n) is 2.05. The van der Waals surface area contributed by atoms with Crippen LogP contribution in [0.1, 0.15) is 12.5 Å². The molecule has 19 heavy (non-hydrogen) atoms. The van der Waals surface area contributed by atoms with E-state index in [4.69, 9.17) is 5.26 Å². The highest BCUT2D eigenvalue weighted by Gasteiger charge is 2.10. The highest BCUT2D eigenvalue weighted by atomic mass is 16.1. The molecule has 4 nitrogen and oxygen atoms in total. The van der Waals surface area contributed by atoms with Gasteiger partial charge in [-0.2, -0.15) is 5.26 Å². The van der Waals surface area contributed by atoms with Crippen molar-refractivity contribution < 1.29 is 4.79 Å². The van der Waals surface area contributed by atoms with Crippen molar-refractivity contribution >= 4 is 22.9 Å². The molecule has 0 atom stereocenters. The van der Waals surface area contributed by atoms with Crippen LogP contribution in [0.2, 0.25) is 0 Å². The Balaban J connectivity index is 2.50. The molecule has 1 heterocycles. The van der Waals surface area contributed by atoms with Gasteiger partial charge in [0.1, 0.15) is 11.6 Å². The summed E-state index contributed by atoms with van der Waals surface area (Å²) in [5, 5.41) is 12.7. The van der Waals surface area contributed by atoms with Gasteiger partial charge in [0, 0.05) is 36.3 Å². The normalized spacial score (nSPS) is 11.3. The number of fused-ring (bicyclic) bond motifs is 1. The number of aromatic nitrogens is 1. The lowest BCUT2D eigenvalue weighted by Gasteiger charge is -1.99. The smallest absolute Gasteiger partial charge is 0.261 e. The minimum atomic E-state index is -0.335.